The monoisotopic (exact) mass is 638 g/mol. The Kier molecular flexibility index (Phi) is 6.34. The molecule has 0 fully saturated rings. The van der Waals surface area contributed by atoms with Crippen LogP contribution < -0.4 is 9.80 Å². The van der Waals surface area contributed by atoms with Crippen LogP contribution in [0.4, 0.5) is 28.4 Å². The van der Waals surface area contributed by atoms with Crippen molar-refractivity contribution in [2.24, 2.45) is 0 Å². The van der Waals surface area contributed by atoms with Gasteiger partial charge >= 0.3 is 0 Å². The summed E-state index contributed by atoms with van der Waals surface area (Å²) in [4.78, 5) is 4.71. The van der Waals surface area contributed by atoms with Gasteiger partial charge in [0.15, 0.2) is 0 Å². The molecule has 0 heterocycles. The fraction of sp³-hybridized carbons (Fsp3) is 0.0417. The molecule has 0 bridgehead atoms. The van der Waals surface area contributed by atoms with E-state index in [1.165, 1.54) is 66.7 Å². The molecule has 10 rings (SSSR count). The maximum absolute atomic E-state index is 2.46. The summed E-state index contributed by atoms with van der Waals surface area (Å²) in [5.41, 5.74) is 15.8. The Bertz CT molecular complexity index is 2480. The van der Waals surface area contributed by atoms with Crippen LogP contribution >= 0.6 is 0 Å². The third kappa shape index (κ3) is 4.09. The van der Waals surface area contributed by atoms with Crippen molar-refractivity contribution in [1.82, 2.24) is 0 Å². The van der Waals surface area contributed by atoms with Gasteiger partial charge in [-0.05, 0) is 116 Å². The van der Waals surface area contributed by atoms with E-state index in [-0.39, 0.29) is 0 Å². The molecular weight excluding hydrogens is 605 g/mol. The second-order valence-electron chi connectivity index (χ2n) is 13.4. The zero-order valence-corrected chi connectivity index (χ0v) is 27.8. The number of fused-ring (bicyclic) bond motifs is 11. The molecule has 0 saturated carbocycles. The topological polar surface area (TPSA) is 6.48 Å². The Balaban J connectivity index is 1.22. The third-order valence-electron chi connectivity index (χ3n) is 10.9. The lowest BCUT2D eigenvalue weighted by atomic mass is 9.70. The van der Waals surface area contributed by atoms with Gasteiger partial charge < -0.3 is 9.80 Å². The summed E-state index contributed by atoms with van der Waals surface area (Å²) < 4.78 is 0. The second-order valence-corrected chi connectivity index (χ2v) is 13.4. The largest absolute Gasteiger partial charge is 0.345 e. The maximum Gasteiger partial charge on any atom is 0.0727 e. The number of nitrogens with zero attached hydrogens (tertiary/aromatic N) is 2. The maximum atomic E-state index is 2.46. The number of para-hydroxylation sites is 2. The van der Waals surface area contributed by atoms with Gasteiger partial charge in [-0.2, -0.15) is 0 Å². The minimum Gasteiger partial charge on any atom is -0.345 e. The van der Waals surface area contributed by atoms with E-state index >= 15 is 0 Å². The van der Waals surface area contributed by atoms with E-state index in [2.05, 4.69) is 205 Å². The molecule has 236 valence electrons. The van der Waals surface area contributed by atoms with Gasteiger partial charge in [-0.15, -0.1) is 0 Å². The standard InChI is InChI=1S/C48H34N2/c1-49(37-25-24-33-14-8-9-15-34(33)30-37)38-26-28-42-43-29-27-39(50(35-16-4-2-5-17-35)36-18-6-3-7-19-36)32-47(43)48(46(42)31-38)44-22-12-10-20-40(44)41-21-11-13-23-45(41)48/h2-32H,1H3. The normalized spacial score (nSPS) is 13.1. The Morgan fingerprint density at radius 1 is 0.320 bits per heavy atom. The molecule has 50 heavy (non-hydrogen) atoms. The molecule has 0 atom stereocenters. The molecule has 0 saturated heterocycles. The van der Waals surface area contributed by atoms with E-state index in [1.807, 2.05) is 0 Å². The highest BCUT2D eigenvalue weighted by atomic mass is 15.1. The van der Waals surface area contributed by atoms with Crippen LogP contribution in [0, 0.1) is 0 Å². The summed E-state index contributed by atoms with van der Waals surface area (Å²) >= 11 is 0. The number of rotatable bonds is 5. The molecule has 2 heteroatoms. The Morgan fingerprint density at radius 3 is 1.38 bits per heavy atom. The van der Waals surface area contributed by atoms with Gasteiger partial charge in [0.25, 0.3) is 0 Å². The second kappa shape index (κ2) is 11.1. The highest BCUT2D eigenvalue weighted by Gasteiger charge is 2.52. The molecule has 0 aromatic heterocycles. The lowest BCUT2D eigenvalue weighted by Crippen LogP contribution is -2.26. The van der Waals surface area contributed by atoms with Gasteiger partial charge in [-0.1, -0.05) is 127 Å². The van der Waals surface area contributed by atoms with E-state index in [9.17, 15) is 0 Å². The lowest BCUT2D eigenvalue weighted by molar-refractivity contribution is 0.793. The molecule has 0 aliphatic heterocycles. The van der Waals surface area contributed by atoms with Crippen LogP contribution in [0.5, 0.6) is 0 Å². The van der Waals surface area contributed by atoms with Crippen LogP contribution in [-0.4, -0.2) is 7.05 Å². The summed E-state index contributed by atoms with van der Waals surface area (Å²) in [5.74, 6) is 0. The molecular formula is C48H34N2. The zero-order valence-electron chi connectivity index (χ0n) is 27.8. The van der Waals surface area contributed by atoms with Crippen molar-refractivity contribution >= 4 is 39.2 Å². The molecule has 0 N–H and O–H groups in total. The SMILES string of the molecule is CN(c1ccc2c(c1)C1(c3ccccc3-c3ccccc31)c1cc(N(c3ccccc3)c3ccccc3)ccc1-2)c1ccc2ccccc2c1. The molecule has 8 aromatic rings. The lowest BCUT2D eigenvalue weighted by Gasteiger charge is -2.33. The van der Waals surface area contributed by atoms with Crippen molar-refractivity contribution in [2.45, 2.75) is 5.41 Å². The van der Waals surface area contributed by atoms with Crippen molar-refractivity contribution in [3.63, 3.8) is 0 Å². The fourth-order valence-corrected chi connectivity index (χ4v) is 8.60. The van der Waals surface area contributed by atoms with Gasteiger partial charge in [0.1, 0.15) is 0 Å². The molecule has 8 aromatic carbocycles. The van der Waals surface area contributed by atoms with Gasteiger partial charge in [-0.25, -0.2) is 0 Å². The van der Waals surface area contributed by atoms with E-state index in [0.717, 1.165) is 17.1 Å². The van der Waals surface area contributed by atoms with Crippen molar-refractivity contribution in [2.75, 3.05) is 16.8 Å². The summed E-state index contributed by atoms with van der Waals surface area (Å²) in [6.45, 7) is 0. The van der Waals surface area contributed by atoms with Gasteiger partial charge in [0.2, 0.25) is 0 Å². The highest BCUT2D eigenvalue weighted by Crippen LogP contribution is 2.63. The Hall–Kier alpha value is -6.38. The van der Waals surface area contributed by atoms with E-state index in [0.29, 0.717) is 0 Å². The first-order valence-electron chi connectivity index (χ1n) is 17.3. The number of hydrogen-bond acceptors (Lipinski definition) is 2. The van der Waals surface area contributed by atoms with E-state index in [1.54, 1.807) is 0 Å². The van der Waals surface area contributed by atoms with Gasteiger partial charge in [0, 0.05) is 35.5 Å². The van der Waals surface area contributed by atoms with Gasteiger partial charge in [0.05, 0.1) is 5.41 Å². The first-order valence-corrected chi connectivity index (χ1v) is 17.3. The quantitative estimate of drug-likeness (QED) is 0.185. The number of hydrogen-bond donors (Lipinski definition) is 0. The minimum atomic E-state index is -0.465. The smallest absolute Gasteiger partial charge is 0.0727 e. The molecule has 2 nitrogen and oxygen atoms in total. The van der Waals surface area contributed by atoms with Crippen LogP contribution in [0.2, 0.25) is 0 Å². The molecule has 2 aliphatic rings. The Morgan fingerprint density at radius 2 is 0.760 bits per heavy atom. The van der Waals surface area contributed by atoms with Crippen LogP contribution in [0.25, 0.3) is 33.0 Å². The minimum absolute atomic E-state index is 0.465. The first-order chi connectivity index (χ1) is 24.7. The van der Waals surface area contributed by atoms with Crippen LogP contribution in [0.15, 0.2) is 188 Å². The fourth-order valence-electron chi connectivity index (χ4n) is 8.60. The predicted octanol–water partition coefficient (Wildman–Crippen LogP) is 12.4. The molecule has 0 radical (unpaired) electrons. The number of benzene rings is 8. The van der Waals surface area contributed by atoms with E-state index < -0.39 is 5.41 Å². The third-order valence-corrected chi connectivity index (χ3v) is 10.9. The summed E-state index contributed by atoms with van der Waals surface area (Å²) in [6.07, 6.45) is 0. The van der Waals surface area contributed by atoms with Crippen LogP contribution in [0.3, 0.4) is 0 Å². The zero-order chi connectivity index (χ0) is 33.2. The molecule has 0 amide bonds. The first kappa shape index (κ1) is 28.6. The highest BCUT2D eigenvalue weighted by molar-refractivity contribution is 5.97. The summed E-state index contributed by atoms with van der Waals surface area (Å²) in [5, 5.41) is 2.50. The average Bonchev–Trinajstić information content (AvgIpc) is 3.65. The van der Waals surface area contributed by atoms with Crippen molar-refractivity contribution < 1.29 is 0 Å². The number of anilines is 5. The molecule has 2 aliphatic carbocycles. The summed E-state index contributed by atoms with van der Waals surface area (Å²) in [7, 11) is 2.19. The molecule has 0 unspecified atom stereocenters. The van der Waals surface area contributed by atoms with Crippen molar-refractivity contribution in [3.8, 4) is 22.3 Å². The van der Waals surface area contributed by atoms with Crippen molar-refractivity contribution in [3.05, 3.63) is 210 Å². The predicted molar refractivity (Wildman–Crippen MR) is 209 cm³/mol. The van der Waals surface area contributed by atoms with Crippen LogP contribution in [0.1, 0.15) is 22.3 Å². The average molecular weight is 639 g/mol. The van der Waals surface area contributed by atoms with Crippen LogP contribution in [-0.2, 0) is 5.41 Å². The van der Waals surface area contributed by atoms with Gasteiger partial charge in [-0.3, -0.25) is 0 Å². The summed E-state index contributed by atoms with van der Waals surface area (Å²) in [6, 6.07) is 69.0. The van der Waals surface area contributed by atoms with E-state index in [4.69, 9.17) is 0 Å². The molecule has 1 spiro atoms. The Labute approximate surface area is 293 Å². The van der Waals surface area contributed by atoms with Crippen molar-refractivity contribution in [1.29, 1.82) is 0 Å².